The molecule has 2 nitrogen and oxygen atoms in total. The van der Waals surface area contributed by atoms with E-state index in [1.807, 2.05) is 0 Å². The maximum atomic E-state index is 5.04. The highest BCUT2D eigenvalue weighted by Gasteiger charge is 2.05. The average Bonchev–Trinajstić information content (AvgIpc) is 1.86. The molecule has 0 aromatic heterocycles. The Hall–Kier alpha value is -0.0800. The van der Waals surface area contributed by atoms with Crippen molar-refractivity contribution < 1.29 is 4.74 Å². The number of nitrogens with one attached hydrogen (secondary N) is 1. The van der Waals surface area contributed by atoms with E-state index in [4.69, 9.17) is 4.74 Å². The Balaban J connectivity index is 2.18. The van der Waals surface area contributed by atoms with E-state index >= 15 is 0 Å². The fourth-order valence-electron chi connectivity index (χ4n) is 0.522. The predicted molar refractivity (Wildman–Crippen MR) is 23.4 cm³/mol. The van der Waals surface area contributed by atoms with Crippen LogP contribution in [-0.4, -0.2) is 19.4 Å². The van der Waals surface area contributed by atoms with Crippen molar-refractivity contribution in [3.8, 4) is 0 Å². The van der Waals surface area contributed by atoms with Crippen molar-refractivity contribution in [1.29, 1.82) is 0 Å². The van der Waals surface area contributed by atoms with Crippen LogP contribution in [0.1, 0.15) is 6.92 Å². The molecular formula is C4H9NO. The summed E-state index contributed by atoms with van der Waals surface area (Å²) in [6.45, 7) is 3.81. The van der Waals surface area contributed by atoms with Crippen molar-refractivity contribution in [1.82, 2.24) is 5.32 Å². The Morgan fingerprint density at radius 3 is 2.83 bits per heavy atom. The highest BCUT2D eigenvalue weighted by atomic mass is 16.5. The largest absolute Gasteiger partial charge is 0.362 e. The van der Waals surface area contributed by atoms with Crippen molar-refractivity contribution in [3.63, 3.8) is 0 Å². The molecule has 1 aliphatic heterocycles. The van der Waals surface area contributed by atoms with Crippen LogP contribution < -0.4 is 5.32 Å². The van der Waals surface area contributed by atoms with Gasteiger partial charge in [-0.2, -0.15) is 0 Å². The Morgan fingerprint density at radius 1 is 1.83 bits per heavy atom. The van der Waals surface area contributed by atoms with Gasteiger partial charge in [-0.25, -0.2) is 0 Å². The van der Waals surface area contributed by atoms with E-state index in [1.54, 1.807) is 0 Å². The molecule has 1 N–H and O–H groups in total. The lowest BCUT2D eigenvalue weighted by atomic mass is 10.4. The first-order valence-corrected chi connectivity index (χ1v) is 2.22. The van der Waals surface area contributed by atoms with E-state index in [1.165, 1.54) is 0 Å². The van der Waals surface area contributed by atoms with Crippen molar-refractivity contribution in [3.05, 3.63) is 0 Å². The zero-order chi connectivity index (χ0) is 4.41. The van der Waals surface area contributed by atoms with Crippen LogP contribution in [0.25, 0.3) is 0 Å². The molecule has 0 spiro atoms. The van der Waals surface area contributed by atoms with Gasteiger partial charge in [0.25, 0.3) is 0 Å². The Bertz CT molecular complexity index is 40.8. The first-order valence-electron chi connectivity index (χ1n) is 2.22. The van der Waals surface area contributed by atoms with E-state index in [2.05, 4.69) is 12.2 Å². The van der Waals surface area contributed by atoms with Crippen LogP contribution in [-0.2, 0) is 4.74 Å². The van der Waals surface area contributed by atoms with E-state index in [0.29, 0.717) is 6.10 Å². The van der Waals surface area contributed by atoms with E-state index in [9.17, 15) is 0 Å². The van der Waals surface area contributed by atoms with E-state index < -0.39 is 0 Å². The first kappa shape index (κ1) is 4.09. The molecule has 0 bridgehead atoms. The van der Waals surface area contributed by atoms with Crippen molar-refractivity contribution in [2.45, 2.75) is 13.0 Å². The molecule has 0 radical (unpaired) electrons. The highest BCUT2D eigenvalue weighted by Crippen LogP contribution is 1.91. The standard InChI is InChI=1S/C4H9NO/c1-4-2-5-3-6-4/h4-5H,2-3H2,1H3/t4-/m0/s1. The minimum atomic E-state index is 0.435. The van der Waals surface area contributed by atoms with E-state index in [0.717, 1.165) is 13.3 Å². The summed E-state index contributed by atoms with van der Waals surface area (Å²) in [5.41, 5.74) is 0. The second-order valence-electron chi connectivity index (χ2n) is 1.58. The molecule has 6 heavy (non-hydrogen) atoms. The predicted octanol–water partition coefficient (Wildman–Crippen LogP) is -0.0478. The molecule has 0 amide bonds. The number of rotatable bonds is 0. The summed E-state index contributed by atoms with van der Waals surface area (Å²) in [5, 5.41) is 3.05. The number of hydrogen-bond donors (Lipinski definition) is 1. The molecule has 36 valence electrons. The van der Waals surface area contributed by atoms with Gasteiger partial charge in [-0.05, 0) is 6.92 Å². The Kier molecular flexibility index (Phi) is 1.08. The normalized spacial score (nSPS) is 34.5. The summed E-state index contributed by atoms with van der Waals surface area (Å²) in [5.74, 6) is 0. The number of ether oxygens (including phenoxy) is 1. The summed E-state index contributed by atoms with van der Waals surface area (Å²) in [6.07, 6.45) is 0.435. The fourth-order valence-corrected chi connectivity index (χ4v) is 0.522. The quantitative estimate of drug-likeness (QED) is 0.447. The monoisotopic (exact) mass is 87.1 g/mol. The van der Waals surface area contributed by atoms with Crippen LogP contribution in [0.5, 0.6) is 0 Å². The van der Waals surface area contributed by atoms with Gasteiger partial charge in [-0.15, -0.1) is 0 Å². The van der Waals surface area contributed by atoms with Gasteiger partial charge in [0.2, 0.25) is 0 Å². The van der Waals surface area contributed by atoms with Crippen LogP contribution in [0.2, 0.25) is 0 Å². The topological polar surface area (TPSA) is 21.3 Å². The summed E-state index contributed by atoms with van der Waals surface area (Å²) in [4.78, 5) is 0. The molecule has 0 saturated carbocycles. The molecule has 1 heterocycles. The molecule has 0 aliphatic carbocycles. The highest BCUT2D eigenvalue weighted by molar-refractivity contribution is 4.57. The first-order chi connectivity index (χ1) is 2.89. The van der Waals surface area contributed by atoms with Gasteiger partial charge in [0.05, 0.1) is 12.8 Å². The molecule has 0 aromatic rings. The van der Waals surface area contributed by atoms with Crippen molar-refractivity contribution >= 4 is 0 Å². The van der Waals surface area contributed by atoms with Crippen LogP contribution in [0.15, 0.2) is 0 Å². The lowest BCUT2D eigenvalue weighted by Crippen LogP contribution is -2.09. The van der Waals surface area contributed by atoms with Crippen LogP contribution in [0.4, 0.5) is 0 Å². The minimum absolute atomic E-state index is 0.435. The fraction of sp³-hybridized carbons (Fsp3) is 1.00. The van der Waals surface area contributed by atoms with Gasteiger partial charge < -0.3 is 4.74 Å². The zero-order valence-corrected chi connectivity index (χ0v) is 3.90. The molecule has 1 aliphatic rings. The summed E-state index contributed by atoms with van der Waals surface area (Å²) in [6, 6.07) is 0. The van der Waals surface area contributed by atoms with E-state index in [-0.39, 0.29) is 0 Å². The summed E-state index contributed by atoms with van der Waals surface area (Å²) in [7, 11) is 0. The summed E-state index contributed by atoms with van der Waals surface area (Å²) < 4.78 is 5.04. The average molecular weight is 87.1 g/mol. The molecule has 1 atom stereocenters. The van der Waals surface area contributed by atoms with Crippen LogP contribution in [0, 0.1) is 0 Å². The third-order valence-corrected chi connectivity index (χ3v) is 0.902. The van der Waals surface area contributed by atoms with Crippen LogP contribution >= 0.6 is 0 Å². The smallest absolute Gasteiger partial charge is 0.0970 e. The molecular weight excluding hydrogens is 78.0 g/mol. The van der Waals surface area contributed by atoms with Gasteiger partial charge in [0.15, 0.2) is 0 Å². The van der Waals surface area contributed by atoms with Crippen molar-refractivity contribution in [2.75, 3.05) is 13.3 Å². The molecule has 2 heteroatoms. The Morgan fingerprint density at radius 2 is 2.67 bits per heavy atom. The van der Waals surface area contributed by atoms with Crippen LogP contribution in [0.3, 0.4) is 0 Å². The van der Waals surface area contributed by atoms with Gasteiger partial charge >= 0.3 is 0 Å². The lowest BCUT2D eigenvalue weighted by Gasteiger charge is -1.92. The third kappa shape index (κ3) is 0.698. The maximum absolute atomic E-state index is 5.04. The van der Waals surface area contributed by atoms with Gasteiger partial charge in [-0.1, -0.05) is 0 Å². The molecule has 1 fully saturated rings. The zero-order valence-electron chi connectivity index (χ0n) is 3.90. The molecule has 0 unspecified atom stereocenters. The lowest BCUT2D eigenvalue weighted by molar-refractivity contribution is 0.127. The minimum Gasteiger partial charge on any atom is -0.362 e. The number of hydrogen-bond acceptors (Lipinski definition) is 2. The van der Waals surface area contributed by atoms with Gasteiger partial charge in [0.1, 0.15) is 0 Å². The maximum Gasteiger partial charge on any atom is 0.0970 e. The van der Waals surface area contributed by atoms with Crippen molar-refractivity contribution in [2.24, 2.45) is 0 Å². The second-order valence-corrected chi connectivity index (χ2v) is 1.58. The molecule has 1 rings (SSSR count). The molecule has 1 saturated heterocycles. The summed E-state index contributed by atoms with van der Waals surface area (Å²) >= 11 is 0. The van der Waals surface area contributed by atoms with Gasteiger partial charge in [-0.3, -0.25) is 5.32 Å². The van der Waals surface area contributed by atoms with Gasteiger partial charge in [0, 0.05) is 6.54 Å². The Labute approximate surface area is 37.5 Å². The SMILES string of the molecule is C[C@H]1CNCO1. The third-order valence-electron chi connectivity index (χ3n) is 0.902. The second kappa shape index (κ2) is 1.58. The molecule has 0 aromatic carbocycles.